The SMILES string of the molecule is C[C@]1(C(=O)NC[C@H]2CCCO2)Oc2cccnc2NC1=O. The highest BCUT2D eigenvalue weighted by molar-refractivity contribution is 6.15. The Labute approximate surface area is 122 Å². The molecule has 0 bridgehead atoms. The van der Waals surface area contributed by atoms with E-state index in [4.69, 9.17) is 9.47 Å². The average molecular weight is 291 g/mol. The number of ether oxygens (including phenoxy) is 2. The number of aromatic nitrogens is 1. The molecule has 2 N–H and O–H groups in total. The lowest BCUT2D eigenvalue weighted by Gasteiger charge is -2.32. The van der Waals surface area contributed by atoms with Gasteiger partial charge in [0.15, 0.2) is 11.6 Å². The van der Waals surface area contributed by atoms with E-state index in [-0.39, 0.29) is 6.10 Å². The Kier molecular flexibility index (Phi) is 3.50. The first-order valence-electron chi connectivity index (χ1n) is 6.95. The lowest BCUT2D eigenvalue weighted by molar-refractivity contribution is -0.147. The van der Waals surface area contributed by atoms with Crippen molar-refractivity contribution >= 4 is 17.6 Å². The first-order chi connectivity index (χ1) is 10.1. The Hall–Kier alpha value is -2.15. The van der Waals surface area contributed by atoms with Crippen LogP contribution in [0.25, 0.3) is 0 Å². The van der Waals surface area contributed by atoms with E-state index in [2.05, 4.69) is 15.6 Å². The van der Waals surface area contributed by atoms with E-state index >= 15 is 0 Å². The fraction of sp³-hybridized carbons (Fsp3) is 0.500. The Morgan fingerprint density at radius 2 is 2.48 bits per heavy atom. The second kappa shape index (κ2) is 5.33. The van der Waals surface area contributed by atoms with Crippen LogP contribution in [0.4, 0.5) is 5.82 Å². The molecule has 0 unspecified atom stereocenters. The summed E-state index contributed by atoms with van der Waals surface area (Å²) in [5.41, 5.74) is -1.60. The fourth-order valence-electron chi connectivity index (χ4n) is 2.39. The van der Waals surface area contributed by atoms with Gasteiger partial charge in [-0.25, -0.2) is 4.98 Å². The minimum atomic E-state index is -1.60. The van der Waals surface area contributed by atoms with Crippen LogP contribution in [-0.4, -0.2) is 41.7 Å². The van der Waals surface area contributed by atoms with Crippen LogP contribution in [-0.2, 0) is 14.3 Å². The summed E-state index contributed by atoms with van der Waals surface area (Å²) in [7, 11) is 0. The number of pyridine rings is 1. The van der Waals surface area contributed by atoms with Gasteiger partial charge in [0, 0.05) is 19.3 Å². The molecule has 0 aliphatic carbocycles. The largest absolute Gasteiger partial charge is 0.464 e. The molecule has 7 nitrogen and oxygen atoms in total. The predicted octanol–water partition coefficient (Wildman–Crippen LogP) is 0.466. The minimum absolute atomic E-state index is 0.0122. The zero-order chi connectivity index (χ0) is 14.9. The molecule has 3 heterocycles. The maximum atomic E-state index is 12.3. The Morgan fingerprint density at radius 1 is 1.62 bits per heavy atom. The number of carbonyl (C=O) groups is 2. The van der Waals surface area contributed by atoms with Crippen molar-refractivity contribution in [1.82, 2.24) is 10.3 Å². The molecule has 0 spiro atoms. The normalized spacial score (nSPS) is 27.5. The molecule has 2 aliphatic heterocycles. The molecule has 3 rings (SSSR count). The average Bonchev–Trinajstić information content (AvgIpc) is 2.99. The zero-order valence-electron chi connectivity index (χ0n) is 11.7. The summed E-state index contributed by atoms with van der Waals surface area (Å²) in [4.78, 5) is 28.5. The quantitative estimate of drug-likeness (QED) is 0.790. The van der Waals surface area contributed by atoms with Gasteiger partial charge in [-0.05, 0) is 31.9 Å². The predicted molar refractivity (Wildman–Crippen MR) is 73.9 cm³/mol. The Morgan fingerprint density at radius 3 is 3.24 bits per heavy atom. The number of rotatable bonds is 3. The molecule has 2 aliphatic rings. The molecule has 0 radical (unpaired) electrons. The molecule has 21 heavy (non-hydrogen) atoms. The first kappa shape index (κ1) is 13.8. The van der Waals surface area contributed by atoms with E-state index in [0.717, 1.165) is 12.8 Å². The highest BCUT2D eigenvalue weighted by atomic mass is 16.5. The van der Waals surface area contributed by atoms with E-state index in [9.17, 15) is 9.59 Å². The van der Waals surface area contributed by atoms with Crippen molar-refractivity contribution < 1.29 is 19.1 Å². The van der Waals surface area contributed by atoms with Crippen molar-refractivity contribution in [2.75, 3.05) is 18.5 Å². The van der Waals surface area contributed by atoms with Crippen molar-refractivity contribution in [2.45, 2.75) is 31.5 Å². The van der Waals surface area contributed by atoms with E-state index < -0.39 is 17.4 Å². The van der Waals surface area contributed by atoms with Gasteiger partial charge >= 0.3 is 0 Å². The van der Waals surface area contributed by atoms with Crippen molar-refractivity contribution in [3.05, 3.63) is 18.3 Å². The molecular formula is C14H17N3O4. The van der Waals surface area contributed by atoms with Gasteiger partial charge in [-0.2, -0.15) is 0 Å². The number of carbonyl (C=O) groups excluding carboxylic acids is 2. The van der Waals surface area contributed by atoms with Crippen molar-refractivity contribution in [3.8, 4) is 5.75 Å². The summed E-state index contributed by atoms with van der Waals surface area (Å²) in [5, 5.41) is 5.32. The van der Waals surface area contributed by atoms with Crippen LogP contribution in [0.5, 0.6) is 5.75 Å². The molecular weight excluding hydrogens is 274 g/mol. The van der Waals surface area contributed by atoms with Crippen molar-refractivity contribution in [1.29, 1.82) is 0 Å². The topological polar surface area (TPSA) is 89.6 Å². The lowest BCUT2D eigenvalue weighted by Crippen LogP contribution is -2.59. The monoisotopic (exact) mass is 291 g/mol. The van der Waals surface area contributed by atoms with Crippen LogP contribution >= 0.6 is 0 Å². The number of hydrogen-bond donors (Lipinski definition) is 2. The van der Waals surface area contributed by atoms with Crippen LogP contribution < -0.4 is 15.4 Å². The van der Waals surface area contributed by atoms with E-state index in [0.29, 0.717) is 24.7 Å². The number of hydrogen-bond acceptors (Lipinski definition) is 5. The van der Waals surface area contributed by atoms with Crippen LogP contribution in [0.3, 0.4) is 0 Å². The molecule has 7 heteroatoms. The molecule has 0 saturated carbocycles. The fourth-order valence-corrected chi connectivity index (χ4v) is 2.39. The maximum absolute atomic E-state index is 12.3. The van der Waals surface area contributed by atoms with Gasteiger partial charge < -0.3 is 20.1 Å². The van der Waals surface area contributed by atoms with Crippen LogP contribution in [0.1, 0.15) is 19.8 Å². The smallest absolute Gasteiger partial charge is 0.279 e. The standard InChI is InChI=1S/C14H17N3O4/c1-14(12(18)16-8-9-4-3-7-20-9)13(19)17-11-10(21-14)5-2-6-15-11/h2,5-6,9H,3-4,7-8H2,1H3,(H,16,18)(H,15,17,19)/t9-,14-/m1/s1. The molecule has 1 fully saturated rings. The third-order valence-electron chi connectivity index (χ3n) is 3.70. The van der Waals surface area contributed by atoms with Gasteiger partial charge in [-0.1, -0.05) is 0 Å². The molecule has 2 amide bonds. The summed E-state index contributed by atoms with van der Waals surface area (Å²) in [6.45, 7) is 2.54. The second-order valence-electron chi connectivity index (χ2n) is 5.28. The number of nitrogens with zero attached hydrogens (tertiary/aromatic N) is 1. The van der Waals surface area contributed by atoms with E-state index in [1.165, 1.54) is 6.92 Å². The summed E-state index contributed by atoms with van der Waals surface area (Å²) in [6, 6.07) is 3.34. The first-order valence-corrected chi connectivity index (χ1v) is 6.95. The minimum Gasteiger partial charge on any atom is -0.464 e. The summed E-state index contributed by atoms with van der Waals surface area (Å²) in [5.74, 6) is -0.303. The molecule has 1 aromatic heterocycles. The van der Waals surface area contributed by atoms with E-state index in [1.807, 2.05) is 0 Å². The highest BCUT2D eigenvalue weighted by Crippen LogP contribution is 2.31. The molecule has 2 atom stereocenters. The maximum Gasteiger partial charge on any atom is 0.279 e. The van der Waals surface area contributed by atoms with Gasteiger partial charge in [0.25, 0.3) is 17.4 Å². The van der Waals surface area contributed by atoms with Gasteiger partial charge in [0.1, 0.15) is 0 Å². The van der Waals surface area contributed by atoms with Gasteiger partial charge in [-0.15, -0.1) is 0 Å². The number of amides is 2. The molecule has 0 aromatic carbocycles. The zero-order valence-corrected chi connectivity index (χ0v) is 11.7. The summed E-state index contributed by atoms with van der Waals surface area (Å²) >= 11 is 0. The van der Waals surface area contributed by atoms with Crippen LogP contribution in [0.15, 0.2) is 18.3 Å². The molecule has 112 valence electrons. The van der Waals surface area contributed by atoms with Crippen molar-refractivity contribution in [2.24, 2.45) is 0 Å². The summed E-state index contributed by atoms with van der Waals surface area (Å²) in [6.07, 6.45) is 3.46. The Bertz CT molecular complexity index is 571. The molecule has 1 saturated heterocycles. The highest BCUT2D eigenvalue weighted by Gasteiger charge is 2.47. The van der Waals surface area contributed by atoms with Crippen molar-refractivity contribution in [3.63, 3.8) is 0 Å². The van der Waals surface area contributed by atoms with Crippen LogP contribution in [0.2, 0.25) is 0 Å². The Balaban J connectivity index is 1.70. The number of fused-ring (bicyclic) bond motifs is 1. The van der Waals surface area contributed by atoms with Gasteiger partial charge in [0.2, 0.25) is 0 Å². The van der Waals surface area contributed by atoms with Gasteiger partial charge in [-0.3, -0.25) is 9.59 Å². The lowest BCUT2D eigenvalue weighted by atomic mass is 10.0. The van der Waals surface area contributed by atoms with Crippen LogP contribution in [0, 0.1) is 0 Å². The van der Waals surface area contributed by atoms with E-state index in [1.54, 1.807) is 18.3 Å². The number of nitrogens with one attached hydrogen (secondary N) is 2. The molecule has 1 aromatic rings. The second-order valence-corrected chi connectivity index (χ2v) is 5.28. The summed E-state index contributed by atoms with van der Waals surface area (Å²) < 4.78 is 11.0. The third kappa shape index (κ3) is 2.56. The third-order valence-corrected chi connectivity index (χ3v) is 3.70. The van der Waals surface area contributed by atoms with Gasteiger partial charge in [0.05, 0.1) is 6.10 Å². The number of anilines is 1.